The first kappa shape index (κ1) is 9.60. The Hall–Kier alpha value is -0.950. The molecule has 2 aromatic heterocycles. The number of hydrogen-bond donors (Lipinski definition) is 0. The molecule has 0 spiro atoms. The largest absolute Gasteiger partial charge is 0.323 e. The number of nitrogens with zero attached hydrogens (tertiary/aromatic N) is 1. The molecule has 2 heterocycles. The number of fused-ring (bicyclic) bond motifs is 1. The summed E-state index contributed by atoms with van der Waals surface area (Å²) in [4.78, 5) is 0. The Bertz CT molecular complexity index is 463. The number of halogens is 1. The Labute approximate surface area is 89.3 Å². The molecule has 2 aromatic rings. The molecule has 0 radical (unpaired) electrons. The van der Waals surface area contributed by atoms with Crippen LogP contribution in [-0.2, 0) is 5.41 Å². The van der Waals surface area contributed by atoms with E-state index in [9.17, 15) is 0 Å². The molecule has 0 aliphatic heterocycles. The molecule has 0 aliphatic carbocycles. The molecular weight excluding hydrogens is 194 g/mol. The molecule has 0 unspecified atom stereocenters. The topological polar surface area (TPSA) is 4.41 Å². The summed E-state index contributed by atoms with van der Waals surface area (Å²) in [5, 5.41) is 0.788. The summed E-state index contributed by atoms with van der Waals surface area (Å²) in [5.74, 6) is 0. The number of rotatable bonds is 0. The second-order valence-corrected chi connectivity index (χ2v) is 5.09. The van der Waals surface area contributed by atoms with Crippen molar-refractivity contribution in [3.05, 3.63) is 41.2 Å². The van der Waals surface area contributed by atoms with Gasteiger partial charge in [0.1, 0.15) is 0 Å². The van der Waals surface area contributed by atoms with E-state index in [0.29, 0.717) is 0 Å². The molecule has 14 heavy (non-hydrogen) atoms. The van der Waals surface area contributed by atoms with Gasteiger partial charge in [0.25, 0.3) is 0 Å². The molecule has 2 heteroatoms. The van der Waals surface area contributed by atoms with Gasteiger partial charge in [-0.05, 0) is 29.2 Å². The van der Waals surface area contributed by atoms with Crippen molar-refractivity contribution in [1.82, 2.24) is 4.40 Å². The van der Waals surface area contributed by atoms with Crippen LogP contribution in [-0.4, -0.2) is 4.40 Å². The van der Waals surface area contributed by atoms with Gasteiger partial charge in [-0.1, -0.05) is 32.4 Å². The van der Waals surface area contributed by atoms with E-state index in [-0.39, 0.29) is 5.41 Å². The van der Waals surface area contributed by atoms with Crippen LogP contribution in [0.1, 0.15) is 26.3 Å². The fourth-order valence-electron chi connectivity index (χ4n) is 1.49. The zero-order valence-electron chi connectivity index (χ0n) is 8.71. The third-order valence-electron chi connectivity index (χ3n) is 2.43. The summed E-state index contributed by atoms with van der Waals surface area (Å²) in [7, 11) is 0. The highest BCUT2D eigenvalue weighted by atomic mass is 35.5. The van der Waals surface area contributed by atoms with Crippen LogP contribution in [0.15, 0.2) is 30.6 Å². The summed E-state index contributed by atoms with van der Waals surface area (Å²) in [5.41, 5.74) is 2.68. The van der Waals surface area contributed by atoms with Crippen molar-refractivity contribution in [3.8, 4) is 0 Å². The Balaban J connectivity index is 2.63. The smallest absolute Gasteiger partial charge is 0.0467 e. The lowest BCUT2D eigenvalue weighted by atomic mass is 9.89. The first-order valence-electron chi connectivity index (χ1n) is 4.74. The fraction of sp³-hybridized carbons (Fsp3) is 0.333. The van der Waals surface area contributed by atoms with E-state index in [0.717, 1.165) is 10.5 Å². The maximum absolute atomic E-state index is 5.93. The molecule has 0 saturated carbocycles. The second kappa shape index (κ2) is 3.03. The van der Waals surface area contributed by atoms with Gasteiger partial charge in [-0.3, -0.25) is 0 Å². The summed E-state index contributed by atoms with van der Waals surface area (Å²) < 4.78 is 2.10. The van der Waals surface area contributed by atoms with Crippen molar-refractivity contribution in [3.63, 3.8) is 0 Å². The molecular formula is C12H14ClN. The Morgan fingerprint density at radius 3 is 2.57 bits per heavy atom. The zero-order chi connectivity index (χ0) is 10.3. The van der Waals surface area contributed by atoms with E-state index in [1.165, 1.54) is 5.56 Å². The molecule has 74 valence electrons. The van der Waals surface area contributed by atoms with Gasteiger partial charge in [-0.15, -0.1) is 0 Å². The van der Waals surface area contributed by atoms with Crippen molar-refractivity contribution in [2.45, 2.75) is 26.2 Å². The molecule has 2 rings (SSSR count). The second-order valence-electron chi connectivity index (χ2n) is 4.66. The van der Waals surface area contributed by atoms with E-state index in [1.54, 1.807) is 0 Å². The lowest BCUT2D eigenvalue weighted by Gasteiger charge is -2.15. The van der Waals surface area contributed by atoms with Crippen LogP contribution in [0.3, 0.4) is 0 Å². The average Bonchev–Trinajstić information content (AvgIpc) is 2.45. The predicted molar refractivity (Wildman–Crippen MR) is 61.1 cm³/mol. The highest BCUT2D eigenvalue weighted by Gasteiger charge is 2.15. The standard InChI is InChI=1S/C12H14ClN/c1-12(2,3)9-6-11-7-10(13)4-5-14(11)8-9/h4-8H,1-3H3. The molecule has 0 bridgehead atoms. The first-order chi connectivity index (χ1) is 6.47. The third kappa shape index (κ3) is 1.64. The summed E-state index contributed by atoms with van der Waals surface area (Å²) >= 11 is 5.93. The van der Waals surface area contributed by atoms with Crippen LogP contribution in [0.25, 0.3) is 5.52 Å². The van der Waals surface area contributed by atoms with Gasteiger partial charge in [0.05, 0.1) is 0 Å². The zero-order valence-corrected chi connectivity index (χ0v) is 9.47. The predicted octanol–water partition coefficient (Wildman–Crippen LogP) is 3.89. The summed E-state index contributed by atoms with van der Waals surface area (Å²) in [6.45, 7) is 6.64. The highest BCUT2D eigenvalue weighted by molar-refractivity contribution is 6.30. The lowest BCUT2D eigenvalue weighted by Crippen LogP contribution is -2.09. The van der Waals surface area contributed by atoms with Gasteiger partial charge in [0.15, 0.2) is 0 Å². The van der Waals surface area contributed by atoms with E-state index in [2.05, 4.69) is 37.4 Å². The first-order valence-corrected chi connectivity index (χ1v) is 5.12. The van der Waals surface area contributed by atoms with E-state index < -0.39 is 0 Å². The SMILES string of the molecule is CC(C)(C)c1cc2cc(Cl)ccn2c1. The number of hydrogen-bond acceptors (Lipinski definition) is 0. The van der Waals surface area contributed by atoms with E-state index in [4.69, 9.17) is 11.6 Å². The van der Waals surface area contributed by atoms with E-state index in [1.807, 2.05) is 18.3 Å². The number of pyridine rings is 1. The average molecular weight is 208 g/mol. The summed E-state index contributed by atoms with van der Waals surface area (Å²) in [6.07, 6.45) is 4.15. The highest BCUT2D eigenvalue weighted by Crippen LogP contribution is 2.25. The van der Waals surface area contributed by atoms with Crippen molar-refractivity contribution < 1.29 is 0 Å². The minimum Gasteiger partial charge on any atom is -0.323 e. The normalized spacial score (nSPS) is 12.3. The van der Waals surface area contributed by atoms with Gasteiger partial charge < -0.3 is 4.40 Å². The number of aromatic nitrogens is 1. The minimum atomic E-state index is 0.193. The van der Waals surface area contributed by atoms with Crippen LogP contribution in [0, 0.1) is 0 Å². The van der Waals surface area contributed by atoms with Crippen molar-refractivity contribution in [2.75, 3.05) is 0 Å². The fourth-order valence-corrected chi connectivity index (χ4v) is 1.66. The Morgan fingerprint density at radius 1 is 1.21 bits per heavy atom. The molecule has 1 nitrogen and oxygen atoms in total. The molecule has 0 atom stereocenters. The third-order valence-corrected chi connectivity index (χ3v) is 2.66. The quantitative estimate of drug-likeness (QED) is 0.618. The molecule has 0 fully saturated rings. The molecule has 0 aromatic carbocycles. The summed E-state index contributed by atoms with van der Waals surface area (Å²) in [6, 6.07) is 6.07. The molecule has 0 N–H and O–H groups in total. The molecule has 0 aliphatic rings. The van der Waals surface area contributed by atoms with Crippen LogP contribution in [0.4, 0.5) is 0 Å². The van der Waals surface area contributed by atoms with Gasteiger partial charge >= 0.3 is 0 Å². The van der Waals surface area contributed by atoms with Gasteiger partial charge in [-0.2, -0.15) is 0 Å². The maximum atomic E-state index is 5.93. The van der Waals surface area contributed by atoms with Crippen LogP contribution in [0.5, 0.6) is 0 Å². The van der Waals surface area contributed by atoms with Crippen molar-refractivity contribution in [1.29, 1.82) is 0 Å². The lowest BCUT2D eigenvalue weighted by molar-refractivity contribution is 0.590. The van der Waals surface area contributed by atoms with Crippen LogP contribution >= 0.6 is 11.6 Å². The minimum absolute atomic E-state index is 0.193. The van der Waals surface area contributed by atoms with Crippen molar-refractivity contribution in [2.24, 2.45) is 0 Å². The van der Waals surface area contributed by atoms with Gasteiger partial charge in [0.2, 0.25) is 0 Å². The maximum Gasteiger partial charge on any atom is 0.0467 e. The van der Waals surface area contributed by atoms with E-state index >= 15 is 0 Å². The molecule has 0 saturated heterocycles. The Kier molecular flexibility index (Phi) is 2.07. The van der Waals surface area contributed by atoms with Gasteiger partial charge in [0, 0.05) is 22.9 Å². The van der Waals surface area contributed by atoms with Crippen LogP contribution < -0.4 is 0 Å². The van der Waals surface area contributed by atoms with Gasteiger partial charge in [-0.25, -0.2) is 0 Å². The molecule has 0 amide bonds. The van der Waals surface area contributed by atoms with Crippen LogP contribution in [0.2, 0.25) is 5.02 Å². The van der Waals surface area contributed by atoms with Crippen molar-refractivity contribution >= 4 is 17.1 Å². The monoisotopic (exact) mass is 207 g/mol. The Morgan fingerprint density at radius 2 is 1.93 bits per heavy atom.